The Hall–Kier alpha value is -4.04. The molecule has 0 radical (unpaired) electrons. The molecule has 0 heterocycles. The molecule has 4 rings (SSSR count). The Kier molecular flexibility index (Phi) is 2.29. The molecule has 0 saturated heterocycles. The number of rotatable bonds is 5. The Morgan fingerprint density at radius 3 is 2.03 bits per heavy atom. The Bertz CT molecular complexity index is 2240. The number of nitrogens with two attached hydrogens (primary N) is 1. The van der Waals surface area contributed by atoms with E-state index in [1.807, 2.05) is 0 Å². The van der Waals surface area contributed by atoms with Crippen LogP contribution in [-0.4, -0.2) is 20.0 Å². The van der Waals surface area contributed by atoms with Crippen LogP contribution in [0, 0.1) is 11.3 Å². The zero-order valence-corrected chi connectivity index (χ0v) is 15.2. The van der Waals surface area contributed by atoms with Crippen molar-refractivity contribution in [3.8, 4) is 17.6 Å². The van der Waals surface area contributed by atoms with Gasteiger partial charge in [0.2, 0.25) is 5.91 Å². The van der Waals surface area contributed by atoms with Crippen LogP contribution in [0.1, 0.15) is 41.3 Å². The van der Waals surface area contributed by atoms with Gasteiger partial charge in [0.15, 0.2) is 0 Å². The molecule has 0 saturated carbocycles. The van der Waals surface area contributed by atoms with Crippen molar-refractivity contribution in [3.63, 3.8) is 0 Å². The zero-order chi connectivity index (χ0) is 41.2. The van der Waals surface area contributed by atoms with Gasteiger partial charge in [-0.15, -0.1) is 0 Å². The summed E-state index contributed by atoms with van der Waals surface area (Å²) in [4.78, 5) is 11.6. The van der Waals surface area contributed by atoms with Gasteiger partial charge < -0.3 is 15.2 Å². The van der Waals surface area contributed by atoms with Gasteiger partial charge in [-0.3, -0.25) is 4.79 Å². The number of fused-ring (bicyclic) bond motifs is 2. The molecule has 0 aliphatic carbocycles. The highest BCUT2D eigenvalue weighted by molar-refractivity contribution is 5.90. The summed E-state index contributed by atoms with van der Waals surface area (Å²) < 4.78 is 179. The second-order valence-electron chi connectivity index (χ2n) is 5.34. The molecule has 0 spiro atoms. The predicted octanol–water partition coefficient (Wildman–Crippen LogP) is 4.79. The molecule has 4 aromatic rings. The molecule has 0 fully saturated rings. The maximum atomic E-state index is 11.6. The Balaban J connectivity index is 0.000000286. The first kappa shape index (κ1) is 7.00. The number of hydrogen-bond acceptors (Lipinski definition) is 4. The number of benzene rings is 4. The van der Waals surface area contributed by atoms with E-state index >= 15 is 0 Å². The standard InChI is InChI=1S/C13H13NO2.C13H11NO/c1-16-11-6-5-9-3-2-4-10(7-13(14)15)12(9)8-11;1-15-12-6-5-10-3-2-4-11(7-8-14)13(10)9-12/h2-6,8H,7H2,1H3,(H2,14,15);2-6,9H,7H2,1H3/i1D3,2D,3D,4D,5D,6D,7D2,8D;1D3,2D,3D,4D,5D,6D,7D2,9D. The minimum atomic E-state index is -3.10. The second kappa shape index (κ2) is 10.1. The lowest BCUT2D eigenvalue weighted by Crippen LogP contribution is -2.13. The van der Waals surface area contributed by atoms with E-state index in [-0.39, 0.29) is 0 Å². The van der Waals surface area contributed by atoms with Gasteiger partial charge in [-0.1, -0.05) is 48.3 Å². The number of nitriles is 1. The molecule has 2 N–H and O–H groups in total. The minimum absolute atomic E-state index is 0.493. The highest BCUT2D eigenvalue weighted by atomic mass is 16.5. The van der Waals surface area contributed by atoms with E-state index in [0.29, 0.717) is 0 Å². The summed E-state index contributed by atoms with van der Waals surface area (Å²) in [7, 11) is -6.17. The van der Waals surface area contributed by atoms with E-state index in [9.17, 15) is 4.79 Å². The van der Waals surface area contributed by atoms with Crippen LogP contribution < -0.4 is 15.2 Å². The lowest BCUT2D eigenvalue weighted by atomic mass is 10.0. The van der Waals surface area contributed by atoms with Crippen LogP contribution in [0.5, 0.6) is 11.5 Å². The number of amides is 1. The molecular weight excluding hydrogens is 388 g/mol. The quantitative estimate of drug-likeness (QED) is 0.489. The molecule has 5 heteroatoms. The first-order valence-corrected chi connectivity index (χ1v) is 8.03. The fourth-order valence-electron chi connectivity index (χ4n) is 2.25. The molecule has 0 unspecified atom stereocenters. The third-order valence-corrected chi connectivity index (χ3v) is 3.46. The molecule has 1 amide bonds. The summed E-state index contributed by atoms with van der Waals surface area (Å²) in [6.07, 6.45) is -5.93. The number of primary amides is 1. The van der Waals surface area contributed by atoms with Crippen LogP contribution in [0.3, 0.4) is 0 Å². The molecule has 0 aromatic heterocycles. The van der Waals surface area contributed by atoms with Crippen LogP contribution in [-0.2, 0) is 17.5 Å². The maximum absolute atomic E-state index is 11.6. The van der Waals surface area contributed by atoms with Gasteiger partial charge in [0.1, 0.15) is 11.5 Å². The molecule has 4 aromatic carbocycles. The highest BCUT2D eigenvalue weighted by Gasteiger charge is 2.05. The van der Waals surface area contributed by atoms with E-state index in [1.54, 1.807) is 0 Å². The first-order chi connectivity index (χ1) is 23.9. The smallest absolute Gasteiger partial charge is 0.221 e. The van der Waals surface area contributed by atoms with Gasteiger partial charge in [0.25, 0.3) is 0 Å². The van der Waals surface area contributed by atoms with Crippen molar-refractivity contribution in [2.45, 2.75) is 12.7 Å². The van der Waals surface area contributed by atoms with Crippen molar-refractivity contribution < 1.29 is 44.4 Å². The van der Waals surface area contributed by atoms with Crippen molar-refractivity contribution in [2.75, 3.05) is 14.1 Å². The first-order valence-electron chi connectivity index (χ1n) is 19.0. The molecule has 31 heavy (non-hydrogen) atoms. The number of carbonyl (C=O) groups excluding carboxylic acids is 1. The highest BCUT2D eigenvalue weighted by Crippen LogP contribution is 2.25. The summed E-state index contributed by atoms with van der Waals surface area (Å²) in [5.74, 6) is -3.30. The van der Waals surface area contributed by atoms with Crippen LogP contribution in [0.2, 0.25) is 0 Å². The van der Waals surface area contributed by atoms with Gasteiger partial charge in [-0.2, -0.15) is 5.26 Å². The predicted molar refractivity (Wildman–Crippen MR) is 123 cm³/mol. The minimum Gasteiger partial charge on any atom is -0.497 e. The van der Waals surface area contributed by atoms with Crippen molar-refractivity contribution in [3.05, 3.63) is 83.6 Å². The van der Waals surface area contributed by atoms with Crippen LogP contribution in [0.25, 0.3) is 21.5 Å². The molecular formula is C26H24N2O3. The summed E-state index contributed by atoms with van der Waals surface area (Å²) in [6, 6.07) is -8.50. The molecule has 5 nitrogen and oxygen atoms in total. The summed E-state index contributed by atoms with van der Waals surface area (Å²) in [5.41, 5.74) is 3.43. The average molecular weight is 435 g/mol. The van der Waals surface area contributed by atoms with E-state index in [0.717, 1.165) is 0 Å². The van der Waals surface area contributed by atoms with E-state index < -0.39 is 149 Å². The van der Waals surface area contributed by atoms with Crippen LogP contribution in [0.15, 0.2) is 72.5 Å². The van der Waals surface area contributed by atoms with Crippen molar-refractivity contribution in [1.82, 2.24) is 0 Å². The molecule has 156 valence electrons. The summed E-state index contributed by atoms with van der Waals surface area (Å²) in [5, 5.41) is 6.82. The largest absolute Gasteiger partial charge is 0.497 e. The van der Waals surface area contributed by atoms with Gasteiger partial charge in [-0.05, 0) is 56.8 Å². The lowest BCUT2D eigenvalue weighted by molar-refractivity contribution is -0.117. The Morgan fingerprint density at radius 2 is 1.52 bits per heavy atom. The second-order valence-corrected chi connectivity index (χ2v) is 5.34. The number of hydrogen-bond donors (Lipinski definition) is 1. The third kappa shape index (κ3) is 5.31. The fourth-order valence-corrected chi connectivity index (χ4v) is 2.25. The normalized spacial score (nSPS) is 22.0. The molecule has 0 bridgehead atoms. The summed E-state index contributed by atoms with van der Waals surface area (Å²) >= 11 is 0. The molecule has 0 aliphatic heterocycles. The van der Waals surface area contributed by atoms with Crippen LogP contribution >= 0.6 is 0 Å². The van der Waals surface area contributed by atoms with Gasteiger partial charge >= 0.3 is 0 Å². The zero-order valence-electron chi connectivity index (χ0n) is 37.2. The number of methoxy groups -OCH3 is 2. The van der Waals surface area contributed by atoms with Crippen molar-refractivity contribution >= 4 is 27.5 Å². The summed E-state index contributed by atoms with van der Waals surface area (Å²) in [6.45, 7) is 0. The fraction of sp³-hybridized carbons (Fsp3) is 0.154. The molecule has 0 atom stereocenters. The Morgan fingerprint density at radius 1 is 0.968 bits per heavy atom. The number of nitrogens with zero attached hydrogens (tertiary/aromatic N) is 1. The van der Waals surface area contributed by atoms with Gasteiger partial charge in [0.05, 0.1) is 57.6 Å². The van der Waals surface area contributed by atoms with Crippen molar-refractivity contribution in [1.29, 1.82) is 5.26 Å². The number of carbonyl (C=O) groups is 1. The maximum Gasteiger partial charge on any atom is 0.221 e. The SMILES string of the molecule is [2H]c1c([2H])c(C([2H])([2H])C#N)c2c([2H])c(OC([2H])([2H])[2H])c([2H])c([2H])c2c1[2H].[2H]c1c([2H])c(C([2H])([2H])C(N)=O)c2c([2H])c(OC([2H])([2H])[2H])c([2H])c([2H])c2c1[2H]. The van der Waals surface area contributed by atoms with Crippen LogP contribution in [0.4, 0.5) is 0 Å². The monoisotopic (exact) mass is 434 g/mol. The van der Waals surface area contributed by atoms with E-state index in [1.165, 1.54) is 6.07 Å². The number of ether oxygens (including phenoxy) is 2. The van der Waals surface area contributed by atoms with Crippen molar-refractivity contribution in [2.24, 2.45) is 5.73 Å². The van der Waals surface area contributed by atoms with Gasteiger partial charge in [-0.25, -0.2) is 0 Å². The lowest BCUT2D eigenvalue weighted by Gasteiger charge is -2.06. The molecule has 0 aliphatic rings. The van der Waals surface area contributed by atoms with E-state index in [4.69, 9.17) is 41.2 Å². The topological polar surface area (TPSA) is 85.3 Å². The van der Waals surface area contributed by atoms with Gasteiger partial charge in [0, 0.05) is 5.48 Å². The Labute approximate surface area is 212 Å². The van der Waals surface area contributed by atoms with E-state index in [2.05, 4.69) is 9.47 Å². The average Bonchev–Trinajstić information content (AvgIpc) is 3.03. The third-order valence-electron chi connectivity index (χ3n) is 3.46.